The van der Waals surface area contributed by atoms with E-state index >= 15 is 0 Å². The van der Waals surface area contributed by atoms with Crippen LogP contribution in [0, 0.1) is 5.92 Å². The lowest BCUT2D eigenvalue weighted by Crippen LogP contribution is -2.62. The molecule has 9 heteroatoms. The van der Waals surface area contributed by atoms with Crippen LogP contribution in [0.1, 0.15) is 21.7 Å². The minimum atomic E-state index is -1.18. The minimum absolute atomic E-state index is 0.0169. The SMILES string of the molecule is O=C(Cc1cccs1)C[C@@H]1C(=O)N2C(C(=O)O)=C(CSC(=O)c3ccccc3)CS[C@H]12. The second kappa shape index (κ2) is 9.42. The van der Waals surface area contributed by atoms with Crippen molar-refractivity contribution in [2.75, 3.05) is 11.5 Å². The molecule has 1 fully saturated rings. The van der Waals surface area contributed by atoms with E-state index in [-0.39, 0.29) is 40.1 Å². The number of carboxylic acids is 1. The minimum Gasteiger partial charge on any atom is -0.477 e. The van der Waals surface area contributed by atoms with Crippen molar-refractivity contribution < 1.29 is 24.3 Å². The molecule has 31 heavy (non-hydrogen) atoms. The van der Waals surface area contributed by atoms with E-state index in [9.17, 15) is 24.3 Å². The highest BCUT2D eigenvalue weighted by Gasteiger charge is 2.53. The van der Waals surface area contributed by atoms with E-state index in [2.05, 4.69) is 0 Å². The Kier molecular flexibility index (Phi) is 6.64. The van der Waals surface area contributed by atoms with Crippen molar-refractivity contribution in [2.24, 2.45) is 5.92 Å². The summed E-state index contributed by atoms with van der Waals surface area (Å²) in [5, 5.41) is 11.2. The number of aliphatic carboxylic acids is 1. The summed E-state index contributed by atoms with van der Waals surface area (Å²) >= 11 is 4.00. The molecule has 2 aliphatic rings. The molecule has 6 nitrogen and oxygen atoms in total. The van der Waals surface area contributed by atoms with Crippen molar-refractivity contribution in [3.8, 4) is 0 Å². The number of thioether (sulfide) groups is 2. The number of carboxylic acid groups (broad SMARTS) is 1. The van der Waals surface area contributed by atoms with Gasteiger partial charge in [-0.15, -0.1) is 23.1 Å². The first kappa shape index (κ1) is 21.9. The number of β-lactam (4-membered cyclic amide) rings is 1. The molecule has 3 heterocycles. The van der Waals surface area contributed by atoms with Gasteiger partial charge in [-0.1, -0.05) is 48.2 Å². The molecule has 2 aliphatic heterocycles. The average molecular weight is 474 g/mol. The number of amides is 1. The lowest BCUT2D eigenvalue weighted by Gasteiger charge is -2.49. The number of carbonyl (C=O) groups excluding carboxylic acids is 3. The molecular formula is C22H19NO5S3. The summed E-state index contributed by atoms with van der Waals surface area (Å²) in [7, 11) is 0. The van der Waals surface area contributed by atoms with E-state index in [4.69, 9.17) is 0 Å². The summed E-state index contributed by atoms with van der Waals surface area (Å²) < 4.78 is 0. The van der Waals surface area contributed by atoms with Crippen molar-refractivity contribution >= 4 is 57.6 Å². The highest BCUT2D eigenvalue weighted by atomic mass is 32.2. The number of carbonyl (C=O) groups is 4. The van der Waals surface area contributed by atoms with Gasteiger partial charge in [-0.05, 0) is 17.0 Å². The molecule has 1 saturated heterocycles. The van der Waals surface area contributed by atoms with Crippen LogP contribution in [-0.2, 0) is 20.8 Å². The number of ketones is 1. The molecule has 160 valence electrons. The zero-order chi connectivity index (χ0) is 22.0. The van der Waals surface area contributed by atoms with E-state index in [0.29, 0.717) is 23.3 Å². The maximum absolute atomic E-state index is 12.7. The fourth-order valence-electron chi connectivity index (χ4n) is 3.66. The van der Waals surface area contributed by atoms with Gasteiger partial charge in [-0.2, -0.15) is 0 Å². The second-order valence-corrected chi connectivity index (χ2v) is 10.3. The molecule has 0 bridgehead atoms. The van der Waals surface area contributed by atoms with Crippen molar-refractivity contribution in [3.63, 3.8) is 0 Å². The average Bonchev–Trinajstić information content (AvgIpc) is 3.28. The Morgan fingerprint density at radius 3 is 2.58 bits per heavy atom. The van der Waals surface area contributed by atoms with Crippen LogP contribution < -0.4 is 0 Å². The Hall–Kier alpha value is -2.36. The number of Topliss-reactive ketones (excluding diaryl/α,β-unsaturated/α-hetero) is 1. The summed E-state index contributed by atoms with van der Waals surface area (Å²) in [5.74, 6) is -1.39. The summed E-state index contributed by atoms with van der Waals surface area (Å²) in [4.78, 5) is 51.7. The molecular weight excluding hydrogens is 454 g/mol. The molecule has 1 aromatic carbocycles. The normalized spacial score (nSPS) is 20.3. The molecule has 0 aliphatic carbocycles. The first-order valence-electron chi connectivity index (χ1n) is 9.62. The van der Waals surface area contributed by atoms with Crippen LogP contribution in [-0.4, -0.2) is 49.7 Å². The van der Waals surface area contributed by atoms with Crippen molar-refractivity contribution in [1.29, 1.82) is 0 Å². The number of hydrogen-bond acceptors (Lipinski definition) is 7. The largest absolute Gasteiger partial charge is 0.477 e. The van der Waals surface area contributed by atoms with Crippen LogP contribution in [0.15, 0.2) is 59.1 Å². The highest BCUT2D eigenvalue weighted by Crippen LogP contribution is 2.45. The Morgan fingerprint density at radius 1 is 1.13 bits per heavy atom. The summed E-state index contributed by atoms with van der Waals surface area (Å²) in [6, 6.07) is 12.6. The quantitative estimate of drug-likeness (QED) is 0.585. The van der Waals surface area contributed by atoms with Gasteiger partial charge in [0.2, 0.25) is 11.0 Å². The standard InChI is InChI=1S/C22H19NO5S3/c24-15(9-16-7-4-8-29-16)10-17-19(25)23-18(21(26)27)14(11-30-20(17)23)12-31-22(28)13-5-2-1-3-6-13/h1-8,17,20H,9-12H2,(H,26,27)/t17-,20-/m1/s1. The van der Waals surface area contributed by atoms with Crippen LogP contribution in [0.4, 0.5) is 0 Å². The fourth-order valence-corrected chi connectivity index (χ4v) is 6.79. The van der Waals surface area contributed by atoms with Gasteiger partial charge in [0.15, 0.2) is 0 Å². The van der Waals surface area contributed by atoms with Crippen molar-refractivity contribution in [3.05, 3.63) is 69.6 Å². The molecule has 2 aromatic rings. The predicted octanol–water partition coefficient (Wildman–Crippen LogP) is 3.69. The van der Waals surface area contributed by atoms with E-state index in [0.717, 1.165) is 16.6 Å². The van der Waals surface area contributed by atoms with Gasteiger partial charge in [0.1, 0.15) is 11.5 Å². The van der Waals surface area contributed by atoms with Gasteiger partial charge in [-0.25, -0.2) is 4.79 Å². The maximum Gasteiger partial charge on any atom is 0.352 e. The Bertz CT molecular complexity index is 1050. The fraction of sp³-hybridized carbons (Fsp3) is 0.273. The number of fused-ring (bicyclic) bond motifs is 1. The van der Waals surface area contributed by atoms with Gasteiger partial charge in [-0.3, -0.25) is 19.3 Å². The highest BCUT2D eigenvalue weighted by molar-refractivity contribution is 8.14. The molecule has 1 aromatic heterocycles. The Labute approximate surface area is 191 Å². The number of hydrogen-bond donors (Lipinski definition) is 1. The summed E-state index contributed by atoms with van der Waals surface area (Å²) in [6.45, 7) is 0. The molecule has 0 saturated carbocycles. The molecule has 1 amide bonds. The van der Waals surface area contributed by atoms with E-state index in [1.54, 1.807) is 24.3 Å². The molecule has 2 atom stereocenters. The van der Waals surface area contributed by atoms with Gasteiger partial charge in [0, 0.05) is 34.8 Å². The third-order valence-electron chi connectivity index (χ3n) is 5.15. The smallest absolute Gasteiger partial charge is 0.352 e. The van der Waals surface area contributed by atoms with Crippen molar-refractivity contribution in [1.82, 2.24) is 4.90 Å². The zero-order valence-electron chi connectivity index (χ0n) is 16.4. The van der Waals surface area contributed by atoms with E-state index in [1.165, 1.54) is 28.0 Å². The van der Waals surface area contributed by atoms with Crippen LogP contribution >= 0.6 is 34.9 Å². The van der Waals surface area contributed by atoms with Crippen LogP contribution in [0.2, 0.25) is 0 Å². The lowest BCUT2D eigenvalue weighted by atomic mass is 9.90. The number of nitrogens with zero attached hydrogens (tertiary/aromatic N) is 1. The van der Waals surface area contributed by atoms with Crippen LogP contribution in [0.25, 0.3) is 0 Å². The Balaban J connectivity index is 1.42. The van der Waals surface area contributed by atoms with Gasteiger partial charge < -0.3 is 5.11 Å². The predicted molar refractivity (Wildman–Crippen MR) is 122 cm³/mol. The third-order valence-corrected chi connectivity index (χ3v) is 8.41. The molecule has 4 rings (SSSR count). The van der Waals surface area contributed by atoms with Gasteiger partial charge in [0.25, 0.3) is 0 Å². The summed E-state index contributed by atoms with van der Waals surface area (Å²) in [5.41, 5.74) is 1.07. The maximum atomic E-state index is 12.7. The monoisotopic (exact) mass is 473 g/mol. The number of rotatable bonds is 8. The topological polar surface area (TPSA) is 91.8 Å². The first-order valence-corrected chi connectivity index (χ1v) is 12.5. The third kappa shape index (κ3) is 4.63. The van der Waals surface area contributed by atoms with Crippen LogP contribution in [0.3, 0.4) is 0 Å². The number of thiophene rings is 1. The van der Waals surface area contributed by atoms with Crippen LogP contribution in [0.5, 0.6) is 0 Å². The van der Waals surface area contributed by atoms with Gasteiger partial charge >= 0.3 is 5.97 Å². The van der Waals surface area contributed by atoms with E-state index in [1.807, 2.05) is 23.6 Å². The second-order valence-electron chi connectivity index (χ2n) is 7.21. The van der Waals surface area contributed by atoms with E-state index < -0.39 is 11.9 Å². The molecule has 0 spiro atoms. The molecule has 0 unspecified atom stereocenters. The lowest BCUT2D eigenvalue weighted by molar-refractivity contribution is -0.153. The molecule has 0 radical (unpaired) electrons. The molecule has 1 N–H and O–H groups in total. The Morgan fingerprint density at radius 2 is 1.90 bits per heavy atom. The zero-order valence-corrected chi connectivity index (χ0v) is 18.8. The summed E-state index contributed by atoms with van der Waals surface area (Å²) in [6.07, 6.45) is 0.415. The first-order chi connectivity index (χ1) is 15.0. The number of benzene rings is 1. The van der Waals surface area contributed by atoms with Gasteiger partial charge in [0.05, 0.1) is 11.3 Å². The van der Waals surface area contributed by atoms with Crippen molar-refractivity contribution in [2.45, 2.75) is 18.2 Å².